The van der Waals surface area contributed by atoms with Crippen molar-refractivity contribution in [3.8, 4) is 0 Å². The van der Waals surface area contributed by atoms with Gasteiger partial charge in [0.15, 0.2) is 0 Å². The molecule has 0 bridgehead atoms. The van der Waals surface area contributed by atoms with Gasteiger partial charge in [0.1, 0.15) is 6.04 Å². The first-order chi connectivity index (χ1) is 7.97. The molecule has 0 amide bonds. The Hall–Kier alpha value is -0.620. The normalized spacial score (nSPS) is 20.1. The van der Waals surface area contributed by atoms with E-state index in [0.29, 0.717) is 25.7 Å². The Balaban J connectivity index is 2.65. The molecule has 1 fully saturated rings. The zero-order chi connectivity index (χ0) is 12.9. The van der Waals surface area contributed by atoms with Crippen molar-refractivity contribution in [1.82, 2.24) is 4.72 Å². The van der Waals surface area contributed by atoms with Gasteiger partial charge in [0.25, 0.3) is 0 Å². The largest absolute Gasteiger partial charge is 0.480 e. The van der Waals surface area contributed by atoms with Gasteiger partial charge >= 0.3 is 5.97 Å². The van der Waals surface area contributed by atoms with Crippen molar-refractivity contribution >= 4 is 16.0 Å². The zero-order valence-corrected chi connectivity index (χ0v) is 11.0. The maximum Gasteiger partial charge on any atom is 0.321 e. The second-order valence-electron chi connectivity index (χ2n) is 4.60. The molecular weight excluding hydrogens is 242 g/mol. The van der Waals surface area contributed by atoms with Crippen LogP contribution >= 0.6 is 0 Å². The van der Waals surface area contributed by atoms with Gasteiger partial charge in [-0.05, 0) is 19.3 Å². The molecule has 0 saturated heterocycles. The average Bonchev–Trinajstić information content (AvgIpc) is 2.29. The van der Waals surface area contributed by atoms with E-state index in [1.165, 1.54) is 0 Å². The van der Waals surface area contributed by atoms with E-state index in [1.54, 1.807) is 0 Å². The van der Waals surface area contributed by atoms with Crippen LogP contribution in [0.25, 0.3) is 0 Å². The second kappa shape index (κ2) is 6.35. The van der Waals surface area contributed by atoms with Crippen LogP contribution < -0.4 is 4.72 Å². The maximum atomic E-state index is 12.0. The maximum absolute atomic E-state index is 12.0. The third-order valence-electron chi connectivity index (χ3n) is 3.17. The van der Waals surface area contributed by atoms with E-state index in [9.17, 15) is 13.2 Å². The van der Waals surface area contributed by atoms with Crippen molar-refractivity contribution in [3.63, 3.8) is 0 Å². The predicted octanol–water partition coefficient (Wildman–Crippen LogP) is 1.49. The smallest absolute Gasteiger partial charge is 0.321 e. The lowest BCUT2D eigenvalue weighted by Gasteiger charge is -2.24. The van der Waals surface area contributed by atoms with Crippen LogP contribution in [-0.2, 0) is 14.8 Å². The molecule has 0 heterocycles. The summed E-state index contributed by atoms with van der Waals surface area (Å²) in [5.41, 5.74) is 0. The van der Waals surface area contributed by atoms with Gasteiger partial charge < -0.3 is 5.11 Å². The highest BCUT2D eigenvalue weighted by Gasteiger charge is 2.31. The Labute approximate surface area is 103 Å². The summed E-state index contributed by atoms with van der Waals surface area (Å²) in [5, 5.41) is 8.53. The molecule has 0 spiro atoms. The van der Waals surface area contributed by atoms with Crippen molar-refractivity contribution < 1.29 is 18.3 Å². The number of carboxylic acids is 1. The van der Waals surface area contributed by atoms with Crippen molar-refractivity contribution in [1.29, 1.82) is 0 Å². The van der Waals surface area contributed by atoms with Gasteiger partial charge in [-0.2, -0.15) is 0 Å². The third-order valence-corrected chi connectivity index (χ3v) is 5.14. The Morgan fingerprint density at radius 2 is 1.94 bits per heavy atom. The average molecular weight is 263 g/mol. The van der Waals surface area contributed by atoms with Crippen molar-refractivity contribution in [3.05, 3.63) is 0 Å². The molecule has 1 atom stereocenters. The fourth-order valence-electron chi connectivity index (χ4n) is 2.19. The minimum absolute atomic E-state index is 0.335. The highest BCUT2D eigenvalue weighted by Crippen LogP contribution is 2.23. The second-order valence-corrected chi connectivity index (χ2v) is 6.59. The Morgan fingerprint density at radius 1 is 1.35 bits per heavy atom. The molecule has 100 valence electrons. The monoisotopic (exact) mass is 263 g/mol. The van der Waals surface area contributed by atoms with Gasteiger partial charge in [0, 0.05) is 0 Å². The lowest BCUT2D eigenvalue weighted by atomic mass is 10.0. The molecule has 5 nitrogen and oxygen atoms in total. The van der Waals surface area contributed by atoms with Gasteiger partial charge in [0.2, 0.25) is 10.0 Å². The lowest BCUT2D eigenvalue weighted by molar-refractivity contribution is -0.139. The molecule has 0 unspecified atom stereocenters. The van der Waals surface area contributed by atoms with Crippen molar-refractivity contribution in [2.24, 2.45) is 0 Å². The van der Waals surface area contributed by atoms with Crippen LogP contribution in [0.2, 0.25) is 0 Å². The number of carbonyl (C=O) groups is 1. The van der Waals surface area contributed by atoms with E-state index in [0.717, 1.165) is 19.3 Å². The standard InChI is InChI=1S/C11H21NO4S/c1-2-6-10(11(13)14)12-17(15,16)9-7-4-3-5-8-9/h9-10,12H,2-8H2,1H3,(H,13,14)/t10-/m0/s1. The molecule has 2 N–H and O–H groups in total. The molecule has 0 aromatic carbocycles. The van der Waals surface area contributed by atoms with Crippen LogP contribution in [0.1, 0.15) is 51.9 Å². The van der Waals surface area contributed by atoms with E-state index >= 15 is 0 Å². The summed E-state index contributed by atoms with van der Waals surface area (Å²) in [5.74, 6) is -1.09. The number of rotatable bonds is 6. The molecule has 6 heteroatoms. The summed E-state index contributed by atoms with van der Waals surface area (Å²) in [4.78, 5) is 10.9. The summed E-state index contributed by atoms with van der Waals surface area (Å²) in [6.07, 6.45) is 5.17. The highest BCUT2D eigenvalue weighted by molar-refractivity contribution is 7.90. The highest BCUT2D eigenvalue weighted by atomic mass is 32.2. The number of nitrogens with one attached hydrogen (secondary N) is 1. The minimum Gasteiger partial charge on any atom is -0.480 e. The first kappa shape index (κ1) is 14.4. The van der Waals surface area contributed by atoms with Gasteiger partial charge in [-0.25, -0.2) is 13.1 Å². The topological polar surface area (TPSA) is 83.5 Å². The molecule has 0 radical (unpaired) electrons. The van der Waals surface area contributed by atoms with Gasteiger partial charge in [-0.3, -0.25) is 4.79 Å². The molecule has 0 aromatic heterocycles. The first-order valence-corrected chi connectivity index (χ1v) is 7.76. The van der Waals surface area contributed by atoms with E-state index < -0.39 is 27.3 Å². The van der Waals surface area contributed by atoms with Gasteiger partial charge in [0.05, 0.1) is 5.25 Å². The SMILES string of the molecule is CCC[C@H](NS(=O)(=O)C1CCCCC1)C(=O)O. The summed E-state index contributed by atoms with van der Waals surface area (Å²) >= 11 is 0. The quantitative estimate of drug-likeness (QED) is 0.760. The Morgan fingerprint density at radius 3 is 2.41 bits per heavy atom. The van der Waals surface area contributed by atoms with Crippen LogP contribution in [0.4, 0.5) is 0 Å². The summed E-state index contributed by atoms with van der Waals surface area (Å²) in [6.45, 7) is 1.84. The summed E-state index contributed by atoms with van der Waals surface area (Å²) in [7, 11) is -3.48. The molecule has 1 aliphatic rings. The van der Waals surface area contributed by atoms with E-state index in [2.05, 4.69) is 4.72 Å². The molecule has 0 aromatic rings. The number of sulfonamides is 1. The number of hydrogen-bond donors (Lipinski definition) is 2. The predicted molar refractivity (Wildman–Crippen MR) is 65.3 cm³/mol. The van der Waals surface area contributed by atoms with Gasteiger partial charge in [-0.1, -0.05) is 32.6 Å². The van der Waals surface area contributed by atoms with Crippen molar-refractivity contribution in [2.75, 3.05) is 0 Å². The lowest BCUT2D eigenvalue weighted by Crippen LogP contribution is -2.45. The molecular formula is C11H21NO4S. The molecule has 1 saturated carbocycles. The van der Waals surface area contributed by atoms with E-state index in [4.69, 9.17) is 5.11 Å². The fraction of sp³-hybridized carbons (Fsp3) is 0.909. The van der Waals surface area contributed by atoms with Crippen LogP contribution in [0.5, 0.6) is 0 Å². The van der Waals surface area contributed by atoms with Crippen LogP contribution in [0, 0.1) is 0 Å². The molecule has 17 heavy (non-hydrogen) atoms. The van der Waals surface area contributed by atoms with Crippen LogP contribution in [-0.4, -0.2) is 30.8 Å². The summed E-state index contributed by atoms with van der Waals surface area (Å²) < 4.78 is 26.3. The van der Waals surface area contributed by atoms with E-state index in [-0.39, 0.29) is 0 Å². The number of aliphatic carboxylic acids is 1. The summed E-state index contributed by atoms with van der Waals surface area (Å²) in [6, 6.07) is -0.980. The Kier molecular flexibility index (Phi) is 5.39. The zero-order valence-electron chi connectivity index (χ0n) is 10.2. The number of carboxylic acid groups (broad SMARTS) is 1. The first-order valence-electron chi connectivity index (χ1n) is 6.21. The molecule has 1 rings (SSSR count). The molecule has 0 aliphatic heterocycles. The fourth-order valence-corrected chi connectivity index (χ4v) is 3.95. The van der Waals surface area contributed by atoms with Gasteiger partial charge in [-0.15, -0.1) is 0 Å². The minimum atomic E-state index is -3.48. The van der Waals surface area contributed by atoms with Crippen LogP contribution in [0.15, 0.2) is 0 Å². The van der Waals surface area contributed by atoms with E-state index in [1.807, 2.05) is 6.92 Å². The third kappa shape index (κ3) is 4.27. The molecule has 1 aliphatic carbocycles. The van der Waals surface area contributed by atoms with Crippen LogP contribution in [0.3, 0.4) is 0 Å². The van der Waals surface area contributed by atoms with Crippen molar-refractivity contribution in [2.45, 2.75) is 63.2 Å². The Bertz CT molecular complexity index is 346. The number of hydrogen-bond acceptors (Lipinski definition) is 3.